The van der Waals surface area contributed by atoms with E-state index in [1.54, 1.807) is 23.5 Å². The van der Waals surface area contributed by atoms with Crippen LogP contribution in [0.15, 0.2) is 92.9 Å². The van der Waals surface area contributed by atoms with Gasteiger partial charge in [-0.3, -0.25) is 0 Å². The molecular formula is C24H18N2S2+2. The molecule has 2 aromatic heterocycles. The van der Waals surface area contributed by atoms with Gasteiger partial charge in [-0.1, -0.05) is 59.3 Å². The van der Waals surface area contributed by atoms with Crippen LogP contribution in [0.4, 0.5) is 0 Å². The highest BCUT2D eigenvalue weighted by atomic mass is 32.2. The third kappa shape index (κ3) is 4.49. The topological polar surface area (TPSA) is 7.76 Å². The number of hydrogen-bond donors (Lipinski definition) is 0. The monoisotopic (exact) mass is 398 g/mol. The minimum Gasteiger partial charge on any atom is -0.207 e. The highest BCUT2D eigenvalue weighted by molar-refractivity contribution is 8.24. The van der Waals surface area contributed by atoms with E-state index in [1.807, 2.05) is 72.3 Å². The van der Waals surface area contributed by atoms with Crippen LogP contribution in [0.5, 0.6) is 0 Å². The molecule has 28 heavy (non-hydrogen) atoms. The molecule has 0 bridgehead atoms. The average molecular weight is 399 g/mol. The second-order valence-electron chi connectivity index (χ2n) is 6.33. The van der Waals surface area contributed by atoms with Crippen molar-refractivity contribution in [2.45, 2.75) is 9.79 Å². The lowest BCUT2D eigenvalue weighted by atomic mass is 10.2. The molecule has 134 valence electrons. The first kappa shape index (κ1) is 18.4. The lowest BCUT2D eigenvalue weighted by Gasteiger charge is -1.96. The Morgan fingerprint density at radius 2 is 1.21 bits per heavy atom. The summed E-state index contributed by atoms with van der Waals surface area (Å²) in [5, 5.41) is 0. The minimum atomic E-state index is 0.865. The summed E-state index contributed by atoms with van der Waals surface area (Å²) in [6, 6.07) is 16.5. The number of rotatable bonds is 0. The average Bonchev–Trinajstić information content (AvgIpc) is 3.12. The number of nitrogens with zero attached hydrogens (tertiary/aromatic N) is 2. The molecule has 3 heterocycles. The van der Waals surface area contributed by atoms with Crippen molar-refractivity contribution in [2.24, 2.45) is 14.1 Å². The number of allylic oxidation sites excluding steroid dienone is 1. The molecule has 0 aliphatic carbocycles. The van der Waals surface area contributed by atoms with Crippen LogP contribution < -0.4 is 9.13 Å². The van der Waals surface area contributed by atoms with Crippen molar-refractivity contribution >= 4 is 23.5 Å². The van der Waals surface area contributed by atoms with Crippen LogP contribution in [0.1, 0.15) is 11.1 Å². The van der Waals surface area contributed by atoms with Gasteiger partial charge in [-0.2, -0.15) is 0 Å². The molecule has 0 saturated heterocycles. The van der Waals surface area contributed by atoms with E-state index in [2.05, 4.69) is 47.9 Å². The zero-order valence-electron chi connectivity index (χ0n) is 15.6. The second-order valence-corrected chi connectivity index (χ2v) is 8.69. The molecule has 0 N–H and O–H groups in total. The van der Waals surface area contributed by atoms with E-state index in [4.69, 9.17) is 0 Å². The zero-order valence-corrected chi connectivity index (χ0v) is 17.3. The molecular weight excluding hydrogens is 380 g/mol. The summed E-state index contributed by atoms with van der Waals surface area (Å²) in [5.74, 6) is 13.2. The van der Waals surface area contributed by atoms with Gasteiger partial charge in [0.05, 0.1) is 20.9 Å². The van der Waals surface area contributed by atoms with Crippen molar-refractivity contribution in [1.82, 2.24) is 0 Å². The molecule has 4 rings (SSSR count). The number of thioether (sulfide) groups is 2. The standard InChI is InChI=1S/C24H18N2S2/c1-25-15-5-7-19(17-25)11-13-21(14-12-20-8-6-16-26(2)18-20)24-27-22-9-3-4-10-23(22)28-24/h3-10,15-18H,1-2H3/q+2. The number of benzene rings is 1. The van der Waals surface area contributed by atoms with Gasteiger partial charge >= 0.3 is 0 Å². The van der Waals surface area contributed by atoms with Gasteiger partial charge in [0.25, 0.3) is 0 Å². The maximum atomic E-state index is 3.32. The van der Waals surface area contributed by atoms with Crippen LogP contribution in [0, 0.1) is 23.7 Å². The number of aromatic nitrogens is 2. The summed E-state index contributed by atoms with van der Waals surface area (Å²) in [4.78, 5) is 2.53. The first-order valence-corrected chi connectivity index (χ1v) is 10.4. The van der Waals surface area contributed by atoms with E-state index in [1.165, 1.54) is 9.79 Å². The van der Waals surface area contributed by atoms with Crippen molar-refractivity contribution < 1.29 is 9.13 Å². The maximum absolute atomic E-state index is 3.32. The lowest BCUT2D eigenvalue weighted by molar-refractivity contribution is -0.671. The van der Waals surface area contributed by atoms with Crippen LogP contribution in [-0.4, -0.2) is 0 Å². The number of pyridine rings is 2. The van der Waals surface area contributed by atoms with E-state index < -0.39 is 0 Å². The van der Waals surface area contributed by atoms with Gasteiger partial charge in [0, 0.05) is 21.9 Å². The predicted octanol–water partition coefficient (Wildman–Crippen LogP) is 3.85. The Hall–Kier alpha value is -2.92. The predicted molar refractivity (Wildman–Crippen MR) is 114 cm³/mol. The van der Waals surface area contributed by atoms with Gasteiger partial charge in [0.1, 0.15) is 14.1 Å². The smallest absolute Gasteiger partial charge is 0.184 e. The van der Waals surface area contributed by atoms with Crippen LogP contribution in [0.2, 0.25) is 0 Å². The zero-order chi connectivity index (χ0) is 19.3. The maximum Gasteiger partial charge on any atom is 0.184 e. The first-order valence-electron chi connectivity index (χ1n) is 8.81. The van der Waals surface area contributed by atoms with Crippen LogP contribution >= 0.6 is 23.5 Å². The molecule has 4 heteroatoms. The van der Waals surface area contributed by atoms with Gasteiger partial charge in [0.15, 0.2) is 24.8 Å². The van der Waals surface area contributed by atoms with Gasteiger partial charge in [0.2, 0.25) is 0 Å². The van der Waals surface area contributed by atoms with E-state index in [9.17, 15) is 0 Å². The Kier molecular flexibility index (Phi) is 5.53. The Morgan fingerprint density at radius 3 is 1.68 bits per heavy atom. The number of hydrogen-bond acceptors (Lipinski definition) is 2. The Morgan fingerprint density at radius 1 is 0.714 bits per heavy atom. The van der Waals surface area contributed by atoms with Crippen molar-refractivity contribution in [3.63, 3.8) is 0 Å². The van der Waals surface area contributed by atoms with E-state index in [0.717, 1.165) is 20.9 Å². The lowest BCUT2D eigenvalue weighted by Crippen LogP contribution is -2.26. The molecule has 0 atom stereocenters. The van der Waals surface area contributed by atoms with E-state index >= 15 is 0 Å². The normalized spacial score (nSPS) is 11.7. The second kappa shape index (κ2) is 8.40. The van der Waals surface area contributed by atoms with E-state index in [-0.39, 0.29) is 0 Å². The molecule has 1 aromatic carbocycles. The van der Waals surface area contributed by atoms with Crippen LogP contribution in [0.25, 0.3) is 0 Å². The van der Waals surface area contributed by atoms with Gasteiger partial charge < -0.3 is 0 Å². The van der Waals surface area contributed by atoms with Crippen molar-refractivity contribution in [2.75, 3.05) is 0 Å². The fourth-order valence-corrected chi connectivity index (χ4v) is 5.06. The SMILES string of the molecule is C[n+]1cccc(C#CC(C#Cc2ccc[n+](C)c2)=C2Sc3ccccc3S2)c1. The summed E-state index contributed by atoms with van der Waals surface area (Å²) in [7, 11) is 4.00. The molecule has 0 fully saturated rings. The Labute approximate surface area is 174 Å². The fourth-order valence-electron chi connectivity index (χ4n) is 2.67. The number of aryl methyl sites for hydroxylation is 2. The highest BCUT2D eigenvalue weighted by Gasteiger charge is 2.19. The fraction of sp³-hybridized carbons (Fsp3) is 0.0833. The molecule has 0 radical (unpaired) electrons. The minimum absolute atomic E-state index is 0.865. The molecule has 0 saturated carbocycles. The van der Waals surface area contributed by atoms with Crippen molar-refractivity contribution in [1.29, 1.82) is 0 Å². The van der Waals surface area contributed by atoms with Crippen molar-refractivity contribution in [3.05, 3.63) is 94.3 Å². The van der Waals surface area contributed by atoms with Gasteiger partial charge in [-0.15, -0.1) is 0 Å². The molecule has 3 aromatic rings. The van der Waals surface area contributed by atoms with E-state index in [0.29, 0.717) is 0 Å². The molecule has 0 unspecified atom stereocenters. The first-order chi connectivity index (χ1) is 13.7. The summed E-state index contributed by atoms with van der Waals surface area (Å²) in [6.07, 6.45) is 8.03. The van der Waals surface area contributed by atoms with Gasteiger partial charge in [-0.25, -0.2) is 9.13 Å². The summed E-state index contributed by atoms with van der Waals surface area (Å²) in [5.41, 5.74) is 2.81. The summed E-state index contributed by atoms with van der Waals surface area (Å²) in [6.45, 7) is 0. The number of fused-ring (bicyclic) bond motifs is 1. The summed E-state index contributed by atoms with van der Waals surface area (Å²) >= 11 is 3.50. The third-order valence-corrected chi connectivity index (χ3v) is 6.56. The third-order valence-electron chi connectivity index (χ3n) is 4.00. The Bertz CT molecular complexity index is 1110. The summed E-state index contributed by atoms with van der Waals surface area (Å²) < 4.78 is 5.14. The molecule has 2 nitrogen and oxygen atoms in total. The largest absolute Gasteiger partial charge is 0.207 e. The van der Waals surface area contributed by atoms with Crippen LogP contribution in [0.3, 0.4) is 0 Å². The molecule has 1 aliphatic heterocycles. The molecule has 0 spiro atoms. The quantitative estimate of drug-likeness (QED) is 0.420. The molecule has 0 amide bonds. The van der Waals surface area contributed by atoms with Crippen molar-refractivity contribution in [3.8, 4) is 23.7 Å². The van der Waals surface area contributed by atoms with Gasteiger partial charge in [-0.05, 0) is 24.3 Å². The molecule has 1 aliphatic rings. The highest BCUT2D eigenvalue weighted by Crippen LogP contribution is 2.51. The van der Waals surface area contributed by atoms with Crippen LogP contribution in [-0.2, 0) is 14.1 Å². The Balaban J connectivity index is 1.74.